The number of amides is 1. The minimum Gasteiger partial charge on any atom is -0.360 e. The summed E-state index contributed by atoms with van der Waals surface area (Å²) in [5.41, 5.74) is 8.57. The average Bonchev–Trinajstić information content (AvgIpc) is 2.21. The molecule has 0 fully saturated rings. The number of hydrogen-bond acceptors (Lipinski definition) is 3. The van der Waals surface area contributed by atoms with Gasteiger partial charge in [-0.3, -0.25) is 4.79 Å². The number of hydrogen-bond donors (Lipinski definition) is 2. The van der Waals surface area contributed by atoms with Gasteiger partial charge >= 0.3 is 0 Å². The number of likely N-dealkylation sites (N-methyl/N-ethyl adjacent to an activating group) is 1. The summed E-state index contributed by atoms with van der Waals surface area (Å²) in [6, 6.07) is 3.74. The van der Waals surface area contributed by atoms with Gasteiger partial charge in [-0.2, -0.15) is 0 Å². The molecule has 0 saturated carbocycles. The second kappa shape index (κ2) is 4.07. The second-order valence-corrected chi connectivity index (χ2v) is 4.85. The Morgan fingerprint density at radius 1 is 1.56 bits per heavy atom. The Balaban J connectivity index is 2.55. The maximum Gasteiger partial charge on any atom is 0.248 e. The Morgan fingerprint density at radius 3 is 2.88 bits per heavy atom. The number of nitrogens with zero attached hydrogens (tertiary/aromatic N) is 1. The quantitative estimate of drug-likeness (QED) is 0.821. The number of nitrogens with two attached hydrogens (primary N) is 1. The van der Waals surface area contributed by atoms with Crippen molar-refractivity contribution in [2.24, 2.45) is 5.73 Å². The van der Waals surface area contributed by atoms with Crippen LogP contribution in [0.2, 0.25) is 0 Å². The van der Waals surface area contributed by atoms with E-state index >= 15 is 0 Å². The summed E-state index contributed by atoms with van der Waals surface area (Å²) < 4.78 is 0.901. The molecule has 1 atom stereocenters. The van der Waals surface area contributed by atoms with Gasteiger partial charge in [0.05, 0.1) is 11.4 Å². The third kappa shape index (κ3) is 1.70. The fourth-order valence-corrected chi connectivity index (χ4v) is 2.60. The predicted molar refractivity (Wildman–Crippen MR) is 68.8 cm³/mol. The molecular formula is C11H14BrN3O. The molecule has 0 aliphatic carbocycles. The van der Waals surface area contributed by atoms with E-state index < -0.39 is 0 Å². The van der Waals surface area contributed by atoms with Gasteiger partial charge in [-0.1, -0.05) is 0 Å². The molecule has 16 heavy (non-hydrogen) atoms. The van der Waals surface area contributed by atoms with E-state index in [-0.39, 0.29) is 11.9 Å². The molecule has 0 radical (unpaired) electrons. The van der Waals surface area contributed by atoms with Crippen LogP contribution in [0.15, 0.2) is 16.6 Å². The van der Waals surface area contributed by atoms with Crippen LogP contribution in [0.5, 0.6) is 0 Å². The summed E-state index contributed by atoms with van der Waals surface area (Å²) in [4.78, 5) is 13.7. The minimum atomic E-state index is -0.291. The highest BCUT2D eigenvalue weighted by atomic mass is 79.9. The zero-order valence-electron chi connectivity index (χ0n) is 9.25. The predicted octanol–water partition coefficient (Wildman–Crippen LogP) is 1.47. The Morgan fingerprint density at radius 2 is 2.25 bits per heavy atom. The van der Waals surface area contributed by atoms with Crippen LogP contribution in [0.25, 0.3) is 0 Å². The first-order valence-electron chi connectivity index (χ1n) is 5.08. The summed E-state index contributed by atoms with van der Waals surface area (Å²) in [6.07, 6.45) is 0. The highest BCUT2D eigenvalue weighted by Gasteiger charge is 2.30. The van der Waals surface area contributed by atoms with Crippen molar-refractivity contribution >= 4 is 33.2 Å². The number of rotatable bonds is 1. The third-order valence-electron chi connectivity index (χ3n) is 2.84. The van der Waals surface area contributed by atoms with Crippen LogP contribution in [0.3, 0.4) is 0 Å². The lowest BCUT2D eigenvalue weighted by molar-refractivity contribution is -0.117. The molecule has 86 valence electrons. The molecule has 0 saturated heterocycles. The van der Waals surface area contributed by atoms with E-state index in [1.165, 1.54) is 0 Å². The molecule has 1 aliphatic rings. The van der Waals surface area contributed by atoms with Crippen molar-refractivity contribution < 1.29 is 4.79 Å². The molecule has 0 spiro atoms. The van der Waals surface area contributed by atoms with Gasteiger partial charge in [0.2, 0.25) is 5.91 Å². The summed E-state index contributed by atoms with van der Waals surface area (Å²) in [5, 5.41) is 2.88. The maximum absolute atomic E-state index is 11.8. The number of fused-ring (bicyclic) bond motifs is 1. The molecule has 1 aromatic rings. The number of carbonyl (C=O) groups excluding carboxylic acids is 1. The van der Waals surface area contributed by atoms with Crippen molar-refractivity contribution in [2.45, 2.75) is 13.0 Å². The molecule has 4 nitrogen and oxygen atoms in total. The molecule has 1 heterocycles. The molecule has 1 aromatic carbocycles. The van der Waals surface area contributed by atoms with Crippen LogP contribution in [-0.4, -0.2) is 25.5 Å². The van der Waals surface area contributed by atoms with Crippen LogP contribution >= 0.6 is 15.9 Å². The number of carbonyl (C=O) groups is 1. The van der Waals surface area contributed by atoms with E-state index in [1.807, 2.05) is 31.0 Å². The van der Waals surface area contributed by atoms with Gasteiger partial charge in [0, 0.05) is 18.1 Å². The average molecular weight is 284 g/mol. The zero-order chi connectivity index (χ0) is 11.9. The molecule has 1 unspecified atom stereocenters. The molecular weight excluding hydrogens is 270 g/mol. The van der Waals surface area contributed by atoms with Gasteiger partial charge in [0.15, 0.2) is 0 Å². The van der Waals surface area contributed by atoms with Crippen molar-refractivity contribution in [2.75, 3.05) is 23.8 Å². The molecule has 1 amide bonds. The molecule has 0 bridgehead atoms. The molecule has 0 aromatic heterocycles. The lowest BCUT2D eigenvalue weighted by atomic mass is 10.1. The van der Waals surface area contributed by atoms with Crippen molar-refractivity contribution in [1.82, 2.24) is 0 Å². The standard InChI is InChI=1S/C11H14BrN3O/c1-6-3-7(12)10-8(4-6)15(2)9(5-13)11(16)14-10/h3-4,9H,5,13H2,1-2H3,(H,14,16). The number of nitrogens with one attached hydrogen (secondary N) is 1. The molecule has 5 heteroatoms. The topological polar surface area (TPSA) is 58.4 Å². The minimum absolute atomic E-state index is 0.0537. The summed E-state index contributed by atoms with van der Waals surface area (Å²) >= 11 is 3.46. The van der Waals surface area contributed by atoms with Gasteiger partial charge in [0.1, 0.15) is 6.04 Å². The first kappa shape index (κ1) is 11.4. The summed E-state index contributed by atoms with van der Waals surface area (Å²) in [5.74, 6) is -0.0537. The van der Waals surface area contributed by atoms with Gasteiger partial charge in [-0.25, -0.2) is 0 Å². The lowest BCUT2D eigenvalue weighted by Crippen LogP contribution is -2.50. The van der Waals surface area contributed by atoms with Gasteiger partial charge in [-0.15, -0.1) is 0 Å². The van der Waals surface area contributed by atoms with E-state index in [0.717, 1.165) is 21.4 Å². The van der Waals surface area contributed by atoms with E-state index in [1.54, 1.807) is 0 Å². The molecule has 2 rings (SSSR count). The van der Waals surface area contributed by atoms with Crippen LogP contribution in [-0.2, 0) is 4.79 Å². The highest BCUT2D eigenvalue weighted by Crippen LogP contribution is 2.37. The Kier molecular flexibility index (Phi) is 2.90. The Hall–Kier alpha value is -1.07. The summed E-state index contributed by atoms with van der Waals surface area (Å²) in [6.45, 7) is 2.33. The van der Waals surface area contributed by atoms with Gasteiger partial charge in [0.25, 0.3) is 0 Å². The van der Waals surface area contributed by atoms with Crippen LogP contribution in [0.4, 0.5) is 11.4 Å². The first-order chi connectivity index (χ1) is 7.54. The Bertz CT molecular complexity index is 447. The first-order valence-corrected chi connectivity index (χ1v) is 5.87. The third-order valence-corrected chi connectivity index (χ3v) is 3.46. The number of anilines is 2. The zero-order valence-corrected chi connectivity index (χ0v) is 10.8. The van der Waals surface area contributed by atoms with E-state index in [4.69, 9.17) is 5.73 Å². The maximum atomic E-state index is 11.8. The van der Waals surface area contributed by atoms with E-state index in [0.29, 0.717) is 6.54 Å². The van der Waals surface area contributed by atoms with Crippen molar-refractivity contribution in [3.8, 4) is 0 Å². The van der Waals surface area contributed by atoms with E-state index in [9.17, 15) is 4.79 Å². The number of benzene rings is 1. The van der Waals surface area contributed by atoms with Crippen LogP contribution in [0, 0.1) is 6.92 Å². The smallest absolute Gasteiger partial charge is 0.248 e. The fourth-order valence-electron chi connectivity index (χ4n) is 1.94. The van der Waals surface area contributed by atoms with Crippen LogP contribution in [0.1, 0.15) is 5.56 Å². The second-order valence-electron chi connectivity index (χ2n) is 3.99. The van der Waals surface area contributed by atoms with Crippen molar-refractivity contribution in [3.63, 3.8) is 0 Å². The van der Waals surface area contributed by atoms with Crippen molar-refractivity contribution in [3.05, 3.63) is 22.2 Å². The normalized spacial score (nSPS) is 19.4. The SMILES string of the molecule is Cc1cc(Br)c2c(c1)N(C)C(CN)C(=O)N2. The fraction of sp³-hybridized carbons (Fsp3) is 0.364. The summed E-state index contributed by atoms with van der Waals surface area (Å²) in [7, 11) is 1.89. The van der Waals surface area contributed by atoms with Gasteiger partial charge in [-0.05, 0) is 40.5 Å². The van der Waals surface area contributed by atoms with Gasteiger partial charge < -0.3 is 16.0 Å². The highest BCUT2D eigenvalue weighted by molar-refractivity contribution is 9.10. The number of halogens is 1. The lowest BCUT2D eigenvalue weighted by Gasteiger charge is -2.35. The molecule has 1 aliphatic heterocycles. The molecule has 3 N–H and O–H groups in total. The number of aryl methyl sites for hydroxylation is 1. The van der Waals surface area contributed by atoms with E-state index in [2.05, 4.69) is 21.2 Å². The van der Waals surface area contributed by atoms with Crippen molar-refractivity contribution in [1.29, 1.82) is 0 Å². The largest absolute Gasteiger partial charge is 0.360 e. The van der Waals surface area contributed by atoms with Crippen LogP contribution < -0.4 is 16.0 Å². The monoisotopic (exact) mass is 283 g/mol. The Labute approximate surface area is 103 Å².